The van der Waals surface area contributed by atoms with Crippen molar-refractivity contribution in [2.45, 2.75) is 76.8 Å². The molecule has 0 amide bonds. The van der Waals surface area contributed by atoms with Gasteiger partial charge in [-0.25, -0.2) is 0 Å². The molecule has 0 spiro atoms. The lowest BCUT2D eigenvalue weighted by molar-refractivity contribution is -0.0577. The molecule has 0 bridgehead atoms. The normalized spacial score (nSPS) is 19.0. The van der Waals surface area contributed by atoms with Gasteiger partial charge in [-0.2, -0.15) is 0 Å². The van der Waals surface area contributed by atoms with Crippen LogP contribution in [0.25, 0.3) is 0 Å². The molecule has 5 N–H and O–H groups in total. The van der Waals surface area contributed by atoms with Crippen LogP contribution in [0.15, 0.2) is 24.3 Å². The summed E-state index contributed by atoms with van der Waals surface area (Å²) < 4.78 is 0. The molecule has 1 aliphatic carbocycles. The average molecular weight is 320 g/mol. The van der Waals surface area contributed by atoms with E-state index in [1.165, 1.54) is 44.1 Å². The lowest BCUT2D eigenvalue weighted by Crippen LogP contribution is -2.36. The highest BCUT2D eigenvalue weighted by atomic mass is 16.5. The van der Waals surface area contributed by atoms with E-state index in [-0.39, 0.29) is 0 Å². The van der Waals surface area contributed by atoms with Gasteiger partial charge in [0.25, 0.3) is 0 Å². The van der Waals surface area contributed by atoms with Crippen molar-refractivity contribution in [3.05, 3.63) is 35.4 Å². The van der Waals surface area contributed by atoms with Gasteiger partial charge in [0, 0.05) is 12.6 Å². The van der Waals surface area contributed by atoms with Gasteiger partial charge in [0.1, 0.15) is 0 Å². The Kier molecular flexibility index (Phi) is 7.50. The molecule has 1 fully saturated rings. The molecule has 2 atom stereocenters. The predicted octanol–water partition coefficient (Wildman–Crippen LogP) is 2.32. The van der Waals surface area contributed by atoms with Crippen molar-refractivity contribution < 1.29 is 10.2 Å². The van der Waals surface area contributed by atoms with E-state index in [2.05, 4.69) is 18.3 Å². The summed E-state index contributed by atoms with van der Waals surface area (Å²) in [6, 6.07) is 7.96. The van der Waals surface area contributed by atoms with Crippen molar-refractivity contribution in [1.29, 1.82) is 0 Å². The van der Waals surface area contributed by atoms with Crippen molar-refractivity contribution in [2.75, 3.05) is 0 Å². The van der Waals surface area contributed by atoms with Crippen LogP contribution in [0, 0.1) is 5.92 Å². The third-order valence-electron chi connectivity index (χ3n) is 5.01. The van der Waals surface area contributed by atoms with E-state index in [0.717, 1.165) is 18.0 Å². The van der Waals surface area contributed by atoms with Crippen molar-refractivity contribution >= 4 is 0 Å². The average Bonchev–Trinajstić information content (AvgIpc) is 2.55. The molecule has 2 unspecified atom stereocenters. The van der Waals surface area contributed by atoms with Gasteiger partial charge in [-0.15, -0.1) is 0 Å². The topological polar surface area (TPSA) is 78.5 Å². The molecule has 0 aromatic heterocycles. The molecule has 4 nitrogen and oxygen atoms in total. The van der Waals surface area contributed by atoms with Crippen LogP contribution in [0.3, 0.4) is 0 Å². The second-order valence-corrected chi connectivity index (χ2v) is 7.07. The third kappa shape index (κ3) is 6.22. The second-order valence-electron chi connectivity index (χ2n) is 7.07. The SMILES string of the molecule is CC(CC1CCCCC1)NCc1ccccc1CC(N)C(O)O. The molecule has 0 aliphatic heterocycles. The minimum absolute atomic E-state index is 0.479. The summed E-state index contributed by atoms with van der Waals surface area (Å²) in [6.07, 6.45) is 7.20. The molecule has 0 heterocycles. The highest BCUT2D eigenvalue weighted by molar-refractivity contribution is 5.28. The van der Waals surface area contributed by atoms with Gasteiger partial charge in [0.05, 0.1) is 6.04 Å². The summed E-state index contributed by atoms with van der Waals surface area (Å²) in [7, 11) is 0. The van der Waals surface area contributed by atoms with Crippen molar-refractivity contribution in [1.82, 2.24) is 5.32 Å². The lowest BCUT2D eigenvalue weighted by atomic mass is 9.85. The predicted molar refractivity (Wildman–Crippen MR) is 93.8 cm³/mol. The number of hydrogen-bond donors (Lipinski definition) is 4. The highest BCUT2D eigenvalue weighted by Crippen LogP contribution is 2.27. The first kappa shape index (κ1) is 18.4. The van der Waals surface area contributed by atoms with Gasteiger partial charge in [0.2, 0.25) is 0 Å². The smallest absolute Gasteiger partial charge is 0.167 e. The van der Waals surface area contributed by atoms with Gasteiger partial charge in [0.15, 0.2) is 6.29 Å². The fourth-order valence-corrected chi connectivity index (χ4v) is 3.58. The zero-order chi connectivity index (χ0) is 16.7. The van der Waals surface area contributed by atoms with Crippen LogP contribution in [-0.4, -0.2) is 28.6 Å². The molecule has 23 heavy (non-hydrogen) atoms. The van der Waals surface area contributed by atoms with Crippen molar-refractivity contribution in [3.8, 4) is 0 Å². The fourth-order valence-electron chi connectivity index (χ4n) is 3.58. The van der Waals surface area contributed by atoms with Crippen LogP contribution in [0.4, 0.5) is 0 Å². The molecule has 0 saturated heterocycles. The Morgan fingerprint density at radius 3 is 2.43 bits per heavy atom. The lowest BCUT2D eigenvalue weighted by Gasteiger charge is -2.25. The van der Waals surface area contributed by atoms with Crippen molar-refractivity contribution in [2.24, 2.45) is 11.7 Å². The number of aliphatic hydroxyl groups excluding tert-OH is 1. The maximum absolute atomic E-state index is 9.19. The maximum atomic E-state index is 9.19. The van der Waals surface area contributed by atoms with Crippen LogP contribution in [0.5, 0.6) is 0 Å². The summed E-state index contributed by atoms with van der Waals surface area (Å²) in [4.78, 5) is 0. The molecule has 4 heteroatoms. The van der Waals surface area contributed by atoms with Gasteiger partial charge in [-0.05, 0) is 36.8 Å². The number of rotatable bonds is 8. The summed E-state index contributed by atoms with van der Waals surface area (Å²) in [5.41, 5.74) is 8.06. The Bertz CT molecular complexity index is 458. The fraction of sp³-hybridized carbons (Fsp3) is 0.684. The third-order valence-corrected chi connectivity index (χ3v) is 5.01. The summed E-state index contributed by atoms with van der Waals surface area (Å²) in [5.74, 6) is 0.874. The number of benzene rings is 1. The van der Waals surface area contributed by atoms with E-state index in [4.69, 9.17) is 5.73 Å². The molecule has 1 saturated carbocycles. The molecule has 1 aliphatic rings. The van der Waals surface area contributed by atoms with E-state index in [0.29, 0.717) is 12.5 Å². The van der Waals surface area contributed by atoms with Gasteiger partial charge in [-0.3, -0.25) is 0 Å². The van der Waals surface area contributed by atoms with Crippen LogP contribution in [0.2, 0.25) is 0 Å². The van der Waals surface area contributed by atoms with E-state index in [9.17, 15) is 10.2 Å². The van der Waals surface area contributed by atoms with E-state index in [1.807, 2.05) is 18.2 Å². The molecule has 2 rings (SSSR count). The van der Waals surface area contributed by atoms with E-state index in [1.54, 1.807) is 0 Å². The van der Waals surface area contributed by atoms with Crippen LogP contribution in [0.1, 0.15) is 56.6 Å². The summed E-state index contributed by atoms with van der Waals surface area (Å²) in [6.45, 7) is 3.07. The van der Waals surface area contributed by atoms with Gasteiger partial charge < -0.3 is 21.3 Å². The first-order valence-electron chi connectivity index (χ1n) is 8.98. The summed E-state index contributed by atoms with van der Waals surface area (Å²) >= 11 is 0. The highest BCUT2D eigenvalue weighted by Gasteiger charge is 2.17. The molecule has 0 radical (unpaired) electrons. The minimum atomic E-state index is -1.47. The molecule has 1 aromatic carbocycles. The van der Waals surface area contributed by atoms with Crippen LogP contribution >= 0.6 is 0 Å². The number of aliphatic hydroxyl groups is 2. The molecular weight excluding hydrogens is 288 g/mol. The minimum Gasteiger partial charge on any atom is -0.367 e. The zero-order valence-electron chi connectivity index (χ0n) is 14.2. The summed E-state index contributed by atoms with van der Waals surface area (Å²) in [5, 5.41) is 22.0. The Morgan fingerprint density at radius 1 is 1.13 bits per heavy atom. The molecule has 1 aromatic rings. The van der Waals surface area contributed by atoms with Gasteiger partial charge in [-0.1, -0.05) is 56.4 Å². The Balaban J connectivity index is 1.84. The monoisotopic (exact) mass is 320 g/mol. The number of nitrogens with one attached hydrogen (secondary N) is 1. The second kappa shape index (κ2) is 9.38. The zero-order valence-corrected chi connectivity index (χ0v) is 14.2. The Labute approximate surface area is 140 Å². The number of nitrogens with two attached hydrogens (primary N) is 1. The first-order chi connectivity index (χ1) is 11.1. The first-order valence-corrected chi connectivity index (χ1v) is 8.98. The van der Waals surface area contributed by atoms with Crippen LogP contribution in [-0.2, 0) is 13.0 Å². The maximum Gasteiger partial charge on any atom is 0.167 e. The van der Waals surface area contributed by atoms with Crippen molar-refractivity contribution in [3.63, 3.8) is 0 Å². The molecular formula is C19H32N2O2. The quantitative estimate of drug-likeness (QED) is 0.554. The molecule has 130 valence electrons. The standard InChI is InChI=1S/C19H32N2O2/c1-14(11-15-7-3-2-4-8-15)21-13-17-10-6-5-9-16(17)12-18(20)19(22)23/h5-6,9-10,14-15,18-19,21-23H,2-4,7-8,11-13,20H2,1H3. The Morgan fingerprint density at radius 2 is 1.78 bits per heavy atom. The largest absolute Gasteiger partial charge is 0.367 e. The van der Waals surface area contributed by atoms with E-state index >= 15 is 0 Å². The van der Waals surface area contributed by atoms with Gasteiger partial charge >= 0.3 is 0 Å². The van der Waals surface area contributed by atoms with E-state index < -0.39 is 12.3 Å². The number of hydrogen-bond acceptors (Lipinski definition) is 4. The Hall–Kier alpha value is -0.940. The van der Waals surface area contributed by atoms with Crippen LogP contribution < -0.4 is 11.1 Å².